The first-order chi connectivity index (χ1) is 9.51. The fourth-order valence-corrected chi connectivity index (χ4v) is 3.15. The molecule has 0 spiro atoms. The number of ketones is 1. The van der Waals surface area contributed by atoms with Crippen LogP contribution in [0, 0.1) is 19.8 Å². The highest BCUT2D eigenvalue weighted by molar-refractivity contribution is 6.00. The number of nitrogens with zero attached hydrogens (tertiary/aromatic N) is 1. The summed E-state index contributed by atoms with van der Waals surface area (Å²) in [5.41, 5.74) is 2.87. The molecule has 1 fully saturated rings. The lowest BCUT2D eigenvalue weighted by molar-refractivity contribution is 0.0890. The molecule has 0 N–H and O–H groups in total. The number of likely N-dealkylation sites (tertiary alicyclic amines) is 1. The van der Waals surface area contributed by atoms with Crippen LogP contribution in [0.5, 0.6) is 5.75 Å². The van der Waals surface area contributed by atoms with Gasteiger partial charge in [0.15, 0.2) is 5.78 Å². The lowest BCUT2D eigenvalue weighted by atomic mass is 9.98. The largest absolute Gasteiger partial charge is 0.496 e. The highest BCUT2D eigenvalue weighted by Crippen LogP contribution is 2.26. The Morgan fingerprint density at radius 3 is 2.80 bits per heavy atom. The maximum absolute atomic E-state index is 12.6. The summed E-state index contributed by atoms with van der Waals surface area (Å²) in [4.78, 5) is 14.9. The standard InChI is InChI=1S/C17H25NO2/c1-12-6-5-7-18(10-12)11-16(19)15-9-13(2)8-14(3)17(15)20-4/h8-9,12H,5-7,10-11H2,1-4H3. The Kier molecular flexibility index (Phi) is 4.81. The molecule has 0 aromatic heterocycles. The minimum atomic E-state index is 0.169. The topological polar surface area (TPSA) is 29.5 Å². The molecule has 0 bridgehead atoms. The van der Waals surface area contributed by atoms with Crippen molar-refractivity contribution in [3.8, 4) is 5.75 Å². The van der Waals surface area contributed by atoms with Crippen LogP contribution in [0.3, 0.4) is 0 Å². The van der Waals surface area contributed by atoms with E-state index in [2.05, 4.69) is 17.9 Å². The first kappa shape index (κ1) is 15.0. The number of hydrogen-bond acceptors (Lipinski definition) is 3. The van der Waals surface area contributed by atoms with E-state index in [1.165, 1.54) is 12.8 Å². The third kappa shape index (κ3) is 3.40. The molecule has 1 atom stereocenters. The highest BCUT2D eigenvalue weighted by atomic mass is 16.5. The second-order valence-corrected chi connectivity index (χ2v) is 6.07. The van der Waals surface area contributed by atoms with Gasteiger partial charge in [-0.25, -0.2) is 0 Å². The van der Waals surface area contributed by atoms with Gasteiger partial charge in [0.1, 0.15) is 5.75 Å². The number of piperidine rings is 1. The Bertz CT molecular complexity index is 496. The molecule has 0 aliphatic carbocycles. The molecular weight excluding hydrogens is 250 g/mol. The van der Waals surface area contributed by atoms with E-state index in [4.69, 9.17) is 4.74 Å². The van der Waals surface area contributed by atoms with Crippen molar-refractivity contribution < 1.29 is 9.53 Å². The van der Waals surface area contributed by atoms with E-state index in [0.717, 1.165) is 35.5 Å². The van der Waals surface area contributed by atoms with Crippen molar-refractivity contribution in [1.82, 2.24) is 4.90 Å². The number of ether oxygens (including phenoxy) is 1. The molecule has 1 aromatic rings. The summed E-state index contributed by atoms with van der Waals surface area (Å²) in [5, 5.41) is 0. The van der Waals surface area contributed by atoms with Crippen molar-refractivity contribution in [2.45, 2.75) is 33.6 Å². The average Bonchev–Trinajstić information content (AvgIpc) is 2.37. The van der Waals surface area contributed by atoms with Crippen LogP contribution < -0.4 is 4.74 Å². The summed E-state index contributed by atoms with van der Waals surface area (Å²) in [7, 11) is 1.64. The monoisotopic (exact) mass is 275 g/mol. The van der Waals surface area contributed by atoms with Crippen molar-refractivity contribution in [2.24, 2.45) is 5.92 Å². The zero-order chi connectivity index (χ0) is 14.7. The number of carbonyl (C=O) groups is 1. The van der Waals surface area contributed by atoms with Gasteiger partial charge in [0, 0.05) is 6.54 Å². The zero-order valence-corrected chi connectivity index (χ0v) is 13.0. The van der Waals surface area contributed by atoms with Gasteiger partial charge in [-0.1, -0.05) is 13.0 Å². The van der Waals surface area contributed by atoms with Crippen molar-refractivity contribution in [1.29, 1.82) is 0 Å². The Labute approximate surface area is 121 Å². The summed E-state index contributed by atoms with van der Waals surface area (Å²) in [6.07, 6.45) is 2.47. The minimum Gasteiger partial charge on any atom is -0.496 e. The van der Waals surface area contributed by atoms with E-state index in [1.54, 1.807) is 7.11 Å². The van der Waals surface area contributed by atoms with E-state index in [-0.39, 0.29) is 5.78 Å². The van der Waals surface area contributed by atoms with Crippen LogP contribution in [-0.4, -0.2) is 37.4 Å². The number of benzene rings is 1. The van der Waals surface area contributed by atoms with Gasteiger partial charge in [-0.15, -0.1) is 0 Å². The molecule has 20 heavy (non-hydrogen) atoms. The lowest BCUT2D eigenvalue weighted by Gasteiger charge is -2.30. The number of Topliss-reactive ketones (excluding diaryl/α,β-unsaturated/α-hetero) is 1. The second-order valence-electron chi connectivity index (χ2n) is 6.07. The fourth-order valence-electron chi connectivity index (χ4n) is 3.15. The number of rotatable bonds is 4. The Hall–Kier alpha value is -1.35. The molecule has 1 saturated heterocycles. The van der Waals surface area contributed by atoms with Gasteiger partial charge in [0.2, 0.25) is 0 Å². The molecular formula is C17H25NO2. The second kappa shape index (κ2) is 6.40. The van der Waals surface area contributed by atoms with Crippen LogP contribution in [0.1, 0.15) is 41.3 Å². The van der Waals surface area contributed by atoms with Gasteiger partial charge < -0.3 is 4.74 Å². The predicted octanol–water partition coefficient (Wildman–Crippen LogP) is 3.23. The predicted molar refractivity (Wildman–Crippen MR) is 81.6 cm³/mol. The third-order valence-corrected chi connectivity index (χ3v) is 4.03. The fraction of sp³-hybridized carbons (Fsp3) is 0.588. The van der Waals surface area contributed by atoms with Gasteiger partial charge >= 0.3 is 0 Å². The third-order valence-electron chi connectivity index (χ3n) is 4.03. The summed E-state index contributed by atoms with van der Waals surface area (Å²) < 4.78 is 5.42. The average molecular weight is 275 g/mol. The van der Waals surface area contributed by atoms with E-state index in [9.17, 15) is 4.79 Å². The molecule has 0 radical (unpaired) electrons. The van der Waals surface area contributed by atoms with Gasteiger partial charge in [-0.3, -0.25) is 9.69 Å². The molecule has 1 unspecified atom stereocenters. The summed E-state index contributed by atoms with van der Waals surface area (Å²) in [6, 6.07) is 4.00. The SMILES string of the molecule is COc1c(C)cc(C)cc1C(=O)CN1CCCC(C)C1. The molecule has 3 heteroatoms. The van der Waals surface area contributed by atoms with Gasteiger partial charge in [-0.05, 0) is 56.3 Å². The van der Waals surface area contributed by atoms with Crippen LogP contribution in [0.2, 0.25) is 0 Å². The van der Waals surface area contributed by atoms with Gasteiger partial charge in [-0.2, -0.15) is 0 Å². The first-order valence-corrected chi connectivity index (χ1v) is 7.42. The molecule has 1 heterocycles. The van der Waals surface area contributed by atoms with E-state index in [1.807, 2.05) is 19.9 Å². The van der Waals surface area contributed by atoms with E-state index in [0.29, 0.717) is 12.5 Å². The van der Waals surface area contributed by atoms with Crippen LogP contribution in [0.25, 0.3) is 0 Å². The maximum Gasteiger partial charge on any atom is 0.180 e. The van der Waals surface area contributed by atoms with Gasteiger partial charge in [0.25, 0.3) is 0 Å². The molecule has 0 amide bonds. The molecule has 110 valence electrons. The molecule has 3 nitrogen and oxygen atoms in total. The molecule has 2 rings (SSSR count). The molecule has 0 saturated carbocycles. The Morgan fingerprint density at radius 1 is 1.40 bits per heavy atom. The number of hydrogen-bond donors (Lipinski definition) is 0. The quantitative estimate of drug-likeness (QED) is 0.790. The molecule has 1 aliphatic rings. The van der Waals surface area contributed by atoms with Crippen molar-refractivity contribution in [3.63, 3.8) is 0 Å². The highest BCUT2D eigenvalue weighted by Gasteiger charge is 2.21. The zero-order valence-electron chi connectivity index (χ0n) is 13.0. The smallest absolute Gasteiger partial charge is 0.180 e. The summed E-state index contributed by atoms with van der Waals surface area (Å²) in [6.45, 7) is 8.83. The Morgan fingerprint density at radius 2 is 2.15 bits per heavy atom. The van der Waals surface area contributed by atoms with E-state index < -0.39 is 0 Å². The normalized spacial score (nSPS) is 19.9. The van der Waals surface area contributed by atoms with Crippen LogP contribution >= 0.6 is 0 Å². The van der Waals surface area contributed by atoms with Crippen LogP contribution in [-0.2, 0) is 0 Å². The minimum absolute atomic E-state index is 0.169. The Balaban J connectivity index is 2.16. The number of aryl methyl sites for hydroxylation is 2. The van der Waals surface area contributed by atoms with Crippen molar-refractivity contribution >= 4 is 5.78 Å². The van der Waals surface area contributed by atoms with Crippen molar-refractivity contribution in [3.05, 3.63) is 28.8 Å². The van der Waals surface area contributed by atoms with Gasteiger partial charge in [0.05, 0.1) is 19.2 Å². The van der Waals surface area contributed by atoms with Crippen LogP contribution in [0.4, 0.5) is 0 Å². The first-order valence-electron chi connectivity index (χ1n) is 7.42. The molecule has 1 aliphatic heterocycles. The molecule has 1 aromatic carbocycles. The number of carbonyl (C=O) groups excluding carboxylic acids is 1. The number of methoxy groups -OCH3 is 1. The van der Waals surface area contributed by atoms with Crippen molar-refractivity contribution in [2.75, 3.05) is 26.7 Å². The summed E-state index contributed by atoms with van der Waals surface area (Å²) >= 11 is 0. The lowest BCUT2D eigenvalue weighted by Crippen LogP contribution is -2.38. The maximum atomic E-state index is 12.6. The van der Waals surface area contributed by atoms with Crippen LogP contribution in [0.15, 0.2) is 12.1 Å². The summed E-state index contributed by atoms with van der Waals surface area (Å²) in [5.74, 6) is 1.59. The van der Waals surface area contributed by atoms with E-state index >= 15 is 0 Å².